The van der Waals surface area contributed by atoms with Crippen molar-refractivity contribution in [2.75, 3.05) is 0 Å². The van der Waals surface area contributed by atoms with Crippen LogP contribution in [0, 0.1) is 10.1 Å². The Morgan fingerprint density at radius 2 is 1.92 bits per heavy atom. The Labute approximate surface area is 139 Å². The van der Waals surface area contributed by atoms with Crippen LogP contribution in [0.5, 0.6) is 5.75 Å². The summed E-state index contributed by atoms with van der Waals surface area (Å²) in [6.45, 7) is 0. The average Bonchev–Trinajstić information content (AvgIpc) is 2.58. The van der Waals surface area contributed by atoms with E-state index in [1.54, 1.807) is 25.4 Å². The van der Waals surface area contributed by atoms with E-state index in [9.17, 15) is 14.9 Å². The Kier molecular flexibility index (Phi) is 4.64. The van der Waals surface area contributed by atoms with E-state index in [0.717, 1.165) is 31.2 Å². The van der Waals surface area contributed by atoms with Gasteiger partial charge in [-0.1, -0.05) is 6.42 Å². The van der Waals surface area contributed by atoms with E-state index < -0.39 is 4.92 Å². The fourth-order valence-corrected chi connectivity index (χ4v) is 3.08. The Balaban J connectivity index is 2.02. The first-order valence-electron chi connectivity index (χ1n) is 8.17. The molecule has 1 fully saturated rings. The second kappa shape index (κ2) is 6.86. The molecule has 1 heterocycles. The highest BCUT2D eigenvalue weighted by molar-refractivity contribution is 5.72. The molecule has 1 saturated carbocycles. The molecule has 2 aromatic rings. The zero-order chi connectivity index (χ0) is 17.1. The summed E-state index contributed by atoms with van der Waals surface area (Å²) in [5.74, 6) is 0.631. The van der Waals surface area contributed by atoms with Gasteiger partial charge in [-0.05, 0) is 37.8 Å². The molecule has 126 valence electrons. The molecule has 1 aliphatic rings. The molecule has 0 radical (unpaired) electrons. The van der Waals surface area contributed by atoms with E-state index in [4.69, 9.17) is 4.74 Å². The number of benzene rings is 1. The van der Waals surface area contributed by atoms with Gasteiger partial charge in [-0.25, -0.2) is 0 Å². The molecule has 0 amide bonds. The fraction of sp³-hybridized carbons (Fsp3) is 0.389. The molecular formula is C18H20N2O4. The van der Waals surface area contributed by atoms with Crippen LogP contribution in [0.4, 0.5) is 5.69 Å². The third kappa shape index (κ3) is 3.48. The van der Waals surface area contributed by atoms with Gasteiger partial charge in [0.25, 0.3) is 5.69 Å². The minimum absolute atomic E-state index is 0.00912. The predicted octanol–water partition coefficient (Wildman–Crippen LogP) is 3.67. The van der Waals surface area contributed by atoms with E-state index in [1.165, 1.54) is 29.2 Å². The number of aryl methyl sites for hydroxylation is 1. The number of pyridine rings is 1. The first kappa shape index (κ1) is 16.2. The third-order valence-electron chi connectivity index (χ3n) is 4.42. The minimum Gasteiger partial charge on any atom is -0.490 e. The molecule has 1 aromatic carbocycles. The first-order chi connectivity index (χ1) is 11.5. The maximum Gasteiger partial charge on any atom is 0.270 e. The maximum absolute atomic E-state index is 11.6. The number of nitro benzene ring substituents is 1. The van der Waals surface area contributed by atoms with Crippen molar-refractivity contribution in [2.24, 2.45) is 7.05 Å². The number of hydrogen-bond donors (Lipinski definition) is 0. The normalized spacial score (nSPS) is 15.2. The molecule has 0 saturated heterocycles. The highest BCUT2D eigenvalue weighted by atomic mass is 16.6. The van der Waals surface area contributed by atoms with Crippen LogP contribution in [0.2, 0.25) is 0 Å². The van der Waals surface area contributed by atoms with Crippen LogP contribution in [-0.4, -0.2) is 15.6 Å². The topological polar surface area (TPSA) is 74.4 Å². The lowest BCUT2D eigenvalue weighted by Gasteiger charge is -2.24. The van der Waals surface area contributed by atoms with E-state index in [2.05, 4.69) is 0 Å². The smallest absolute Gasteiger partial charge is 0.270 e. The van der Waals surface area contributed by atoms with Crippen LogP contribution in [-0.2, 0) is 7.05 Å². The molecular weight excluding hydrogens is 308 g/mol. The standard InChI is InChI=1S/C18H20N2O4/c1-19-12-13(7-10-18(19)21)16-11-14(20(22)23)8-9-17(16)24-15-5-3-2-4-6-15/h7-12,15H,2-6H2,1H3. The summed E-state index contributed by atoms with van der Waals surface area (Å²) in [6, 6.07) is 7.77. The first-order valence-corrected chi connectivity index (χ1v) is 8.17. The number of nitrogens with zero attached hydrogens (tertiary/aromatic N) is 2. The van der Waals surface area contributed by atoms with Crippen molar-refractivity contribution >= 4 is 5.69 Å². The van der Waals surface area contributed by atoms with Gasteiger partial charge in [0.15, 0.2) is 0 Å². The largest absolute Gasteiger partial charge is 0.490 e. The maximum atomic E-state index is 11.6. The second-order valence-corrected chi connectivity index (χ2v) is 6.18. The van der Waals surface area contributed by atoms with Gasteiger partial charge >= 0.3 is 0 Å². The Bertz CT molecular complexity index is 807. The van der Waals surface area contributed by atoms with Crippen molar-refractivity contribution in [1.82, 2.24) is 4.57 Å². The van der Waals surface area contributed by atoms with E-state index in [0.29, 0.717) is 11.3 Å². The van der Waals surface area contributed by atoms with Crippen molar-refractivity contribution in [3.05, 3.63) is 57.0 Å². The van der Waals surface area contributed by atoms with E-state index in [-0.39, 0.29) is 17.4 Å². The van der Waals surface area contributed by atoms with Crippen molar-refractivity contribution in [2.45, 2.75) is 38.2 Å². The van der Waals surface area contributed by atoms with Crippen molar-refractivity contribution < 1.29 is 9.66 Å². The third-order valence-corrected chi connectivity index (χ3v) is 4.42. The molecule has 3 rings (SSSR count). The number of rotatable bonds is 4. The summed E-state index contributed by atoms with van der Waals surface area (Å²) in [5, 5.41) is 11.1. The summed E-state index contributed by atoms with van der Waals surface area (Å²) < 4.78 is 7.59. The van der Waals surface area contributed by atoms with Crippen molar-refractivity contribution in [3.63, 3.8) is 0 Å². The molecule has 6 nitrogen and oxygen atoms in total. The van der Waals surface area contributed by atoms with Crippen molar-refractivity contribution in [1.29, 1.82) is 0 Å². The molecule has 0 spiro atoms. The van der Waals surface area contributed by atoms with E-state index in [1.807, 2.05) is 0 Å². The molecule has 1 aromatic heterocycles. The minimum atomic E-state index is -0.421. The molecule has 0 aliphatic heterocycles. The number of ether oxygens (including phenoxy) is 1. The second-order valence-electron chi connectivity index (χ2n) is 6.18. The number of non-ortho nitro benzene ring substituents is 1. The number of aromatic nitrogens is 1. The highest BCUT2D eigenvalue weighted by Gasteiger charge is 2.19. The highest BCUT2D eigenvalue weighted by Crippen LogP contribution is 2.35. The molecule has 0 N–H and O–H groups in total. The van der Waals surface area contributed by atoms with Gasteiger partial charge in [-0.3, -0.25) is 14.9 Å². The van der Waals surface area contributed by atoms with Gasteiger partial charge in [-0.15, -0.1) is 0 Å². The Morgan fingerprint density at radius 1 is 1.17 bits per heavy atom. The zero-order valence-corrected chi connectivity index (χ0v) is 13.6. The lowest BCUT2D eigenvalue weighted by atomic mass is 9.97. The van der Waals surface area contributed by atoms with Crippen LogP contribution >= 0.6 is 0 Å². The van der Waals surface area contributed by atoms with Gasteiger partial charge in [0.1, 0.15) is 5.75 Å². The van der Waals surface area contributed by atoms with Gasteiger partial charge < -0.3 is 9.30 Å². The molecule has 6 heteroatoms. The molecule has 1 aliphatic carbocycles. The molecule has 0 unspecified atom stereocenters. The summed E-state index contributed by atoms with van der Waals surface area (Å²) in [6.07, 6.45) is 7.35. The molecule has 24 heavy (non-hydrogen) atoms. The number of nitro groups is 1. The van der Waals surface area contributed by atoms with E-state index >= 15 is 0 Å². The van der Waals surface area contributed by atoms with Crippen LogP contribution in [0.1, 0.15) is 32.1 Å². The van der Waals surface area contributed by atoms with Crippen LogP contribution in [0.25, 0.3) is 11.1 Å². The Hall–Kier alpha value is -2.63. The van der Waals surface area contributed by atoms with Crippen LogP contribution in [0.3, 0.4) is 0 Å². The summed E-state index contributed by atoms with van der Waals surface area (Å²) >= 11 is 0. The van der Waals surface area contributed by atoms with Gasteiger partial charge in [-0.2, -0.15) is 0 Å². The van der Waals surface area contributed by atoms with Crippen molar-refractivity contribution in [3.8, 4) is 16.9 Å². The lowest BCUT2D eigenvalue weighted by molar-refractivity contribution is -0.384. The number of hydrogen-bond acceptors (Lipinski definition) is 4. The van der Waals surface area contributed by atoms with Crippen LogP contribution < -0.4 is 10.3 Å². The molecule has 0 atom stereocenters. The summed E-state index contributed by atoms with van der Waals surface area (Å²) in [4.78, 5) is 22.3. The Morgan fingerprint density at radius 3 is 2.58 bits per heavy atom. The predicted molar refractivity (Wildman–Crippen MR) is 91.3 cm³/mol. The quantitative estimate of drug-likeness (QED) is 0.634. The molecule has 0 bridgehead atoms. The van der Waals surface area contributed by atoms with Gasteiger partial charge in [0, 0.05) is 42.6 Å². The SMILES string of the molecule is Cn1cc(-c2cc([N+](=O)[O-])ccc2OC2CCCCC2)ccc1=O. The zero-order valence-electron chi connectivity index (χ0n) is 13.6. The lowest BCUT2D eigenvalue weighted by Crippen LogP contribution is -2.20. The summed E-state index contributed by atoms with van der Waals surface area (Å²) in [5.41, 5.74) is 1.26. The van der Waals surface area contributed by atoms with Crippen LogP contribution in [0.15, 0.2) is 41.3 Å². The van der Waals surface area contributed by atoms with Gasteiger partial charge in [0.2, 0.25) is 5.56 Å². The monoisotopic (exact) mass is 328 g/mol. The fourth-order valence-electron chi connectivity index (χ4n) is 3.08. The van der Waals surface area contributed by atoms with Gasteiger partial charge in [0.05, 0.1) is 11.0 Å². The summed E-state index contributed by atoms with van der Waals surface area (Å²) in [7, 11) is 1.66. The average molecular weight is 328 g/mol.